The monoisotopic (exact) mass is 720 g/mol. The van der Waals surface area contributed by atoms with Crippen LogP contribution in [0.15, 0.2) is 36.4 Å². The van der Waals surface area contributed by atoms with E-state index in [4.69, 9.17) is 10.2 Å². The van der Waals surface area contributed by atoms with Crippen molar-refractivity contribution >= 4 is 52.4 Å². The number of carbonyl (C=O) groups is 8. The van der Waals surface area contributed by atoms with E-state index in [2.05, 4.69) is 5.32 Å². The fourth-order valence-electron chi connectivity index (χ4n) is 6.88. The highest BCUT2D eigenvalue weighted by Crippen LogP contribution is 2.34. The summed E-state index contributed by atoms with van der Waals surface area (Å²) in [6.45, 7) is 3.93. The summed E-state index contributed by atoms with van der Waals surface area (Å²) in [5, 5.41) is 20.5. The Balaban J connectivity index is 0.000000173. The fourth-order valence-corrected chi connectivity index (χ4v) is 6.88. The van der Waals surface area contributed by atoms with Gasteiger partial charge in [-0.3, -0.25) is 48.2 Å². The number of hydrogen-bond acceptors (Lipinski definition) is 12. The predicted octanol–water partition coefficient (Wildman–Crippen LogP) is 1.35. The number of amides is 4. The number of benzene rings is 2. The summed E-state index contributed by atoms with van der Waals surface area (Å²) in [6.07, 6.45) is 0.265. The zero-order valence-electron chi connectivity index (χ0n) is 27.6. The van der Waals surface area contributed by atoms with Gasteiger partial charge < -0.3 is 20.4 Å². The number of halogens is 1. The summed E-state index contributed by atoms with van der Waals surface area (Å²) in [6, 6.07) is 6.67. The van der Waals surface area contributed by atoms with Crippen LogP contribution in [-0.2, 0) is 19.2 Å². The maximum absolute atomic E-state index is 13.2. The van der Waals surface area contributed by atoms with Gasteiger partial charge in [0.1, 0.15) is 17.4 Å². The summed E-state index contributed by atoms with van der Waals surface area (Å²) in [4.78, 5) is 100. The van der Waals surface area contributed by atoms with Gasteiger partial charge in [0.15, 0.2) is 11.6 Å². The van der Waals surface area contributed by atoms with E-state index in [9.17, 15) is 42.7 Å². The molecule has 0 radical (unpaired) electrons. The molecule has 14 nitrogen and oxygen atoms in total. The molecule has 15 heteroatoms. The summed E-state index contributed by atoms with van der Waals surface area (Å²) >= 11 is 0. The van der Waals surface area contributed by atoms with Crippen molar-refractivity contribution in [2.45, 2.75) is 58.0 Å². The van der Waals surface area contributed by atoms with E-state index >= 15 is 0 Å². The maximum atomic E-state index is 13.2. The minimum absolute atomic E-state index is 0. The lowest BCUT2D eigenvalue weighted by Gasteiger charge is -2.40. The maximum Gasteiger partial charge on any atom is 0.262 e. The summed E-state index contributed by atoms with van der Waals surface area (Å²) in [5.74, 6) is -3.14. The first kappa shape index (κ1) is 38.2. The van der Waals surface area contributed by atoms with Crippen LogP contribution in [0.1, 0.15) is 87.4 Å². The van der Waals surface area contributed by atoms with Crippen LogP contribution in [0.3, 0.4) is 0 Å². The number of imide groups is 2. The molecule has 6 aliphatic rings. The number of hydrogen-bond donors (Lipinski definition) is 3. The third-order valence-corrected chi connectivity index (χ3v) is 9.99. The Labute approximate surface area is 298 Å². The van der Waals surface area contributed by atoms with Gasteiger partial charge in [0.25, 0.3) is 23.6 Å². The van der Waals surface area contributed by atoms with Crippen LogP contribution in [0.4, 0.5) is 10.1 Å². The number of nitrogens with zero attached hydrogens (tertiary/aromatic N) is 3. The van der Waals surface area contributed by atoms with Gasteiger partial charge >= 0.3 is 0 Å². The molecular formula is C37H41FN4O10. The Morgan fingerprint density at radius 1 is 0.635 bits per heavy atom. The lowest BCUT2D eigenvalue weighted by atomic mass is 9.92. The highest BCUT2D eigenvalue weighted by molar-refractivity contribution is 6.25. The Bertz CT molecular complexity index is 1830. The molecule has 2 unspecified atom stereocenters. The molecule has 4 amide bonds. The SMILES string of the molecule is C.O=C1CCC(N2C(=O)c3ccc(F)cc3C2=O)C(=O)C1.O=C1CCC(N2C(=O)c3ccc(N4CC(CO)C4)cc3C2=O)C(=O)C1.OCC1CNC1. The number of Topliss-reactive ketones (excluding diaryl/α,β-unsaturated/α-hetero) is 4. The van der Waals surface area contributed by atoms with Crippen LogP contribution in [-0.4, -0.2) is 118 Å². The minimum atomic E-state index is -0.914. The zero-order chi connectivity index (χ0) is 36.6. The summed E-state index contributed by atoms with van der Waals surface area (Å²) in [5.41, 5.74) is 1.51. The molecule has 2 aromatic rings. The smallest absolute Gasteiger partial charge is 0.262 e. The average molecular weight is 721 g/mol. The number of aliphatic hydroxyl groups is 2. The first-order valence-corrected chi connectivity index (χ1v) is 16.9. The normalized spacial score (nSPS) is 22.9. The lowest BCUT2D eigenvalue weighted by molar-refractivity contribution is -0.134. The Morgan fingerprint density at radius 3 is 1.52 bits per heavy atom. The fraction of sp³-hybridized carbons (Fsp3) is 0.459. The minimum Gasteiger partial charge on any atom is -0.396 e. The van der Waals surface area contributed by atoms with Gasteiger partial charge in [-0.1, -0.05) is 7.43 Å². The molecular weight excluding hydrogens is 679 g/mol. The van der Waals surface area contributed by atoms with Crippen LogP contribution in [0, 0.1) is 17.7 Å². The molecule has 276 valence electrons. The van der Waals surface area contributed by atoms with Crippen molar-refractivity contribution in [1.82, 2.24) is 15.1 Å². The standard InChI is InChI=1S/C18H18N2O5.C14H10FNO4.C4H9NO.CH4/c21-9-10-7-19(8-10)11-1-3-13-14(5-11)18(25)20(17(13)24)15-4-2-12(22)6-16(15)23;15-7-1-3-9-10(5-7)14(20)16(13(9)19)11-4-2-8(17)6-12(11)18;6-3-4-1-5-2-4;/h1,3,5,10,15,21H,2,4,6-9H2;1,3,5,11H,2,4,6H2;4-6H,1-3H2;1H4. The van der Waals surface area contributed by atoms with Crippen molar-refractivity contribution in [2.75, 3.05) is 44.3 Å². The van der Waals surface area contributed by atoms with Crippen LogP contribution >= 0.6 is 0 Å². The second kappa shape index (κ2) is 15.7. The molecule has 2 saturated heterocycles. The second-order valence-corrected chi connectivity index (χ2v) is 13.5. The van der Waals surface area contributed by atoms with E-state index < -0.39 is 47.3 Å². The molecule has 2 atom stereocenters. The van der Waals surface area contributed by atoms with E-state index in [1.54, 1.807) is 18.2 Å². The van der Waals surface area contributed by atoms with Crippen LogP contribution in [0.5, 0.6) is 0 Å². The molecule has 0 spiro atoms. The van der Waals surface area contributed by atoms with E-state index in [1.807, 2.05) is 4.90 Å². The van der Waals surface area contributed by atoms with E-state index in [1.165, 1.54) is 6.07 Å². The van der Waals surface area contributed by atoms with Gasteiger partial charge in [-0.15, -0.1) is 0 Å². The quantitative estimate of drug-likeness (QED) is 0.297. The van der Waals surface area contributed by atoms with Gasteiger partial charge in [-0.05, 0) is 49.2 Å². The number of anilines is 1. The summed E-state index contributed by atoms with van der Waals surface area (Å²) in [7, 11) is 0. The average Bonchev–Trinajstić information content (AvgIpc) is 3.44. The third-order valence-electron chi connectivity index (χ3n) is 9.99. The third kappa shape index (κ3) is 7.34. The Hall–Kier alpha value is -4.99. The van der Waals surface area contributed by atoms with Gasteiger partial charge in [-0.2, -0.15) is 0 Å². The molecule has 2 saturated carbocycles. The molecule has 3 N–H and O–H groups in total. The number of aliphatic hydroxyl groups excluding tert-OH is 2. The zero-order valence-corrected chi connectivity index (χ0v) is 27.6. The van der Waals surface area contributed by atoms with Crippen molar-refractivity contribution in [1.29, 1.82) is 0 Å². The van der Waals surface area contributed by atoms with E-state index in [0.29, 0.717) is 36.7 Å². The second-order valence-electron chi connectivity index (χ2n) is 13.5. The van der Waals surface area contributed by atoms with Crippen molar-refractivity contribution in [3.8, 4) is 0 Å². The highest BCUT2D eigenvalue weighted by atomic mass is 19.1. The summed E-state index contributed by atoms with van der Waals surface area (Å²) < 4.78 is 13.2. The number of nitrogens with one attached hydrogen (secondary N) is 1. The van der Waals surface area contributed by atoms with E-state index in [0.717, 1.165) is 40.7 Å². The first-order chi connectivity index (χ1) is 24.4. The van der Waals surface area contributed by atoms with E-state index in [-0.39, 0.29) is 87.0 Å². The largest absolute Gasteiger partial charge is 0.396 e. The van der Waals surface area contributed by atoms with Crippen molar-refractivity contribution < 1.29 is 53.0 Å². The number of carbonyl (C=O) groups excluding carboxylic acids is 8. The first-order valence-electron chi connectivity index (χ1n) is 16.9. The Morgan fingerprint density at radius 2 is 1.10 bits per heavy atom. The number of ketones is 4. The number of fused-ring (bicyclic) bond motifs is 2. The van der Waals surface area contributed by atoms with Crippen molar-refractivity contribution in [3.05, 3.63) is 64.5 Å². The van der Waals surface area contributed by atoms with Crippen LogP contribution in [0.2, 0.25) is 0 Å². The molecule has 4 aliphatic heterocycles. The Kier molecular flexibility index (Phi) is 11.6. The van der Waals surface area contributed by atoms with Gasteiger partial charge in [0, 0.05) is 69.8 Å². The predicted molar refractivity (Wildman–Crippen MR) is 182 cm³/mol. The van der Waals surface area contributed by atoms with Crippen LogP contribution < -0.4 is 10.2 Å². The molecule has 0 aromatic heterocycles. The van der Waals surface area contributed by atoms with Gasteiger partial charge in [-0.25, -0.2) is 4.39 Å². The highest BCUT2D eigenvalue weighted by Gasteiger charge is 2.46. The molecule has 2 aliphatic carbocycles. The van der Waals surface area contributed by atoms with Gasteiger partial charge in [0.05, 0.1) is 47.2 Å². The topological polar surface area (TPSA) is 199 Å². The number of rotatable bonds is 5. The lowest BCUT2D eigenvalue weighted by Crippen LogP contribution is -2.48. The van der Waals surface area contributed by atoms with Crippen molar-refractivity contribution in [2.24, 2.45) is 11.8 Å². The molecule has 0 bridgehead atoms. The van der Waals surface area contributed by atoms with Crippen molar-refractivity contribution in [3.63, 3.8) is 0 Å². The molecule has 8 rings (SSSR count). The van der Waals surface area contributed by atoms with Gasteiger partial charge in [0.2, 0.25) is 0 Å². The molecule has 52 heavy (non-hydrogen) atoms. The molecule has 4 fully saturated rings. The molecule has 4 heterocycles. The molecule has 2 aromatic carbocycles. The van der Waals surface area contributed by atoms with Crippen LogP contribution in [0.25, 0.3) is 0 Å².